The quantitative estimate of drug-likeness (QED) is 0.0207. The fourth-order valence-electron chi connectivity index (χ4n) is 6.78. The smallest absolute Gasteiger partial charge is 0.466 e. The number of allylic oxidation sites excluding steroid dienone is 2. The topological polar surface area (TPSA) is 217 Å². The van der Waals surface area contributed by atoms with Gasteiger partial charge in [-0.1, -0.05) is 83.1 Å². The Labute approximate surface area is 346 Å². The number of hydrogen-bond donors (Lipinski definition) is 5. The zero-order valence-corrected chi connectivity index (χ0v) is 36.4. The van der Waals surface area contributed by atoms with Crippen LogP contribution in [0.1, 0.15) is 146 Å². The minimum absolute atomic E-state index is 0.00172. The molecule has 2 heterocycles. The number of aryl methyl sites for hydroxylation is 2. The molecule has 0 aromatic carbocycles. The van der Waals surface area contributed by atoms with Gasteiger partial charge in [0, 0.05) is 44.6 Å². The van der Waals surface area contributed by atoms with Crippen molar-refractivity contribution in [2.75, 3.05) is 26.4 Å². The Bertz CT molecular complexity index is 1400. The number of hydrogen-bond acceptors (Lipinski definition) is 13. The minimum atomic E-state index is -4.47. The lowest BCUT2D eigenvalue weighted by Gasteiger charge is -2.36. The highest BCUT2D eigenvalue weighted by atomic mass is 31.2. The molecule has 1 fully saturated rings. The Hall–Kier alpha value is -2.39. The molecule has 15 heteroatoms. The van der Waals surface area contributed by atoms with Gasteiger partial charge in [-0.05, 0) is 69.9 Å². The number of esters is 2. The van der Waals surface area contributed by atoms with Gasteiger partial charge in [-0.3, -0.25) is 18.6 Å². The van der Waals surface area contributed by atoms with Crippen LogP contribution in [0.15, 0.2) is 28.7 Å². The number of aliphatic hydroxyl groups is 3. The number of phosphoric ester groups is 1. The summed E-state index contributed by atoms with van der Waals surface area (Å²) in [6.07, 6.45) is 17.0. The first-order valence-corrected chi connectivity index (χ1v) is 23.1. The van der Waals surface area contributed by atoms with Crippen molar-refractivity contribution in [1.29, 1.82) is 0 Å². The maximum atomic E-state index is 12.7. The highest BCUT2D eigenvalue weighted by Gasteiger charge is 2.35. The standard InChI is InChI=1S/C43H74NO13P/c1-5-7-14-20-34(45)25-26-40-36(37(46)29-43(49)57-40)21-15-12-13-18-24-42(48)55-35(31-54-58(50,51)53-28-27-44)30-52-41(47)23-17-11-9-8-10-16-22-39-33(4)32(3)38(56-39)19-6-2/h12,15,25-26,34-37,40,43,45-46,49H,5-11,13-14,16-24,27-31,44H2,1-4H3,(H,50,51)/b15-12-,26-25+/t34-,35+,36-,37-,40+,43?/m0/s1. The Morgan fingerprint density at radius 1 is 0.879 bits per heavy atom. The molecule has 1 aliphatic rings. The lowest BCUT2D eigenvalue weighted by Crippen LogP contribution is -2.43. The van der Waals surface area contributed by atoms with Crippen molar-refractivity contribution in [3.05, 3.63) is 47.0 Å². The number of nitrogens with two attached hydrogens (primary N) is 1. The van der Waals surface area contributed by atoms with Gasteiger partial charge in [-0.25, -0.2) is 4.57 Å². The molecule has 0 amide bonds. The van der Waals surface area contributed by atoms with Gasteiger partial charge in [0.2, 0.25) is 0 Å². The number of rotatable bonds is 32. The largest absolute Gasteiger partial charge is 0.472 e. The summed E-state index contributed by atoms with van der Waals surface area (Å²) in [6.45, 7) is 7.43. The van der Waals surface area contributed by atoms with E-state index in [9.17, 15) is 34.4 Å². The lowest BCUT2D eigenvalue weighted by atomic mass is 9.87. The molecule has 1 aromatic heterocycles. The molecule has 0 spiro atoms. The first-order valence-electron chi connectivity index (χ1n) is 21.6. The Balaban J connectivity index is 1.75. The zero-order chi connectivity index (χ0) is 42.8. The fraction of sp³-hybridized carbons (Fsp3) is 0.767. The van der Waals surface area contributed by atoms with Crippen molar-refractivity contribution in [2.45, 2.75) is 180 Å². The second-order valence-electron chi connectivity index (χ2n) is 15.3. The summed E-state index contributed by atoms with van der Waals surface area (Å²) in [5.74, 6) is 0.815. The third-order valence-electron chi connectivity index (χ3n) is 10.3. The van der Waals surface area contributed by atoms with Crippen LogP contribution in [-0.4, -0.2) is 89.2 Å². The molecular formula is C43H74NO13P. The first kappa shape index (κ1) is 51.8. The van der Waals surface area contributed by atoms with E-state index in [1.165, 1.54) is 11.1 Å². The number of unbranched alkanes of at least 4 members (excludes halogenated alkanes) is 8. The summed E-state index contributed by atoms with van der Waals surface area (Å²) < 4.78 is 44.5. The molecule has 2 unspecified atom stereocenters. The van der Waals surface area contributed by atoms with Crippen molar-refractivity contribution in [3.8, 4) is 0 Å². The van der Waals surface area contributed by atoms with Gasteiger partial charge < -0.3 is 44.6 Å². The molecule has 0 saturated carbocycles. The van der Waals surface area contributed by atoms with Crippen LogP contribution in [0, 0.1) is 19.8 Å². The molecule has 0 radical (unpaired) electrons. The van der Waals surface area contributed by atoms with Crippen LogP contribution >= 0.6 is 7.82 Å². The van der Waals surface area contributed by atoms with Crippen LogP contribution < -0.4 is 5.73 Å². The van der Waals surface area contributed by atoms with E-state index in [2.05, 4.69) is 27.7 Å². The van der Waals surface area contributed by atoms with Crippen molar-refractivity contribution >= 4 is 19.8 Å². The SMILES string of the molecule is CCCCC[C@H](O)/C=C/[C@H]1OC(O)C[C@H](O)[C@@H]1C/C=C\CCCC(=O)O[C@H](COC(=O)CCCCCCCCc1oc(CCC)c(C)c1C)COP(=O)(O)OCCN. The van der Waals surface area contributed by atoms with E-state index in [0.29, 0.717) is 32.1 Å². The molecule has 0 bridgehead atoms. The molecule has 2 rings (SSSR count). The van der Waals surface area contributed by atoms with Crippen LogP contribution in [-0.2, 0) is 50.3 Å². The maximum Gasteiger partial charge on any atom is 0.472 e. The molecule has 1 aliphatic heterocycles. The summed E-state index contributed by atoms with van der Waals surface area (Å²) >= 11 is 0. The Kier molecular flexibility index (Phi) is 26.6. The van der Waals surface area contributed by atoms with Crippen LogP contribution in [0.5, 0.6) is 0 Å². The lowest BCUT2D eigenvalue weighted by molar-refractivity contribution is -0.199. The monoisotopic (exact) mass is 843 g/mol. The van der Waals surface area contributed by atoms with E-state index in [4.69, 9.17) is 33.4 Å². The van der Waals surface area contributed by atoms with Gasteiger partial charge in [0.25, 0.3) is 0 Å². The van der Waals surface area contributed by atoms with Gasteiger partial charge in [0.1, 0.15) is 18.1 Å². The molecule has 0 aliphatic carbocycles. The molecular weight excluding hydrogens is 769 g/mol. The predicted octanol–water partition coefficient (Wildman–Crippen LogP) is 7.37. The van der Waals surface area contributed by atoms with E-state index >= 15 is 0 Å². The fourth-order valence-corrected chi connectivity index (χ4v) is 7.54. The van der Waals surface area contributed by atoms with Crippen molar-refractivity contribution in [3.63, 3.8) is 0 Å². The molecule has 334 valence electrons. The maximum absolute atomic E-state index is 12.7. The summed E-state index contributed by atoms with van der Waals surface area (Å²) in [7, 11) is -4.47. The molecule has 6 N–H and O–H groups in total. The van der Waals surface area contributed by atoms with E-state index in [1.54, 1.807) is 12.2 Å². The van der Waals surface area contributed by atoms with Gasteiger partial charge in [0.15, 0.2) is 12.4 Å². The number of aliphatic hydroxyl groups excluding tert-OH is 3. The predicted molar refractivity (Wildman–Crippen MR) is 222 cm³/mol. The van der Waals surface area contributed by atoms with E-state index in [-0.39, 0.29) is 44.9 Å². The van der Waals surface area contributed by atoms with Crippen molar-refractivity contribution < 1.29 is 62.0 Å². The van der Waals surface area contributed by atoms with Crippen LogP contribution in [0.4, 0.5) is 0 Å². The molecule has 1 aromatic rings. The van der Waals surface area contributed by atoms with Crippen LogP contribution in [0.3, 0.4) is 0 Å². The highest BCUT2D eigenvalue weighted by molar-refractivity contribution is 7.47. The number of carbonyl (C=O) groups excluding carboxylic acids is 2. The molecule has 58 heavy (non-hydrogen) atoms. The highest BCUT2D eigenvalue weighted by Crippen LogP contribution is 2.43. The van der Waals surface area contributed by atoms with E-state index in [1.807, 2.05) is 12.2 Å². The second kappa shape index (κ2) is 29.8. The average Bonchev–Trinajstić information content (AvgIpc) is 3.45. The van der Waals surface area contributed by atoms with Crippen LogP contribution in [0.2, 0.25) is 0 Å². The van der Waals surface area contributed by atoms with Gasteiger partial charge in [-0.15, -0.1) is 0 Å². The summed E-state index contributed by atoms with van der Waals surface area (Å²) in [6, 6.07) is 0. The van der Waals surface area contributed by atoms with E-state index in [0.717, 1.165) is 82.1 Å². The number of ether oxygens (including phenoxy) is 3. The summed E-state index contributed by atoms with van der Waals surface area (Å²) in [5, 5.41) is 31.0. The number of furan rings is 1. The van der Waals surface area contributed by atoms with Crippen LogP contribution in [0.25, 0.3) is 0 Å². The van der Waals surface area contributed by atoms with Gasteiger partial charge in [-0.2, -0.15) is 0 Å². The van der Waals surface area contributed by atoms with Crippen molar-refractivity contribution in [1.82, 2.24) is 0 Å². The number of phosphoric acid groups is 1. The Morgan fingerprint density at radius 2 is 1.57 bits per heavy atom. The third kappa shape index (κ3) is 21.7. The molecule has 7 atom stereocenters. The zero-order valence-electron chi connectivity index (χ0n) is 35.5. The molecule has 14 nitrogen and oxygen atoms in total. The van der Waals surface area contributed by atoms with Gasteiger partial charge in [0.05, 0.1) is 31.5 Å². The second-order valence-corrected chi connectivity index (χ2v) is 16.8. The summed E-state index contributed by atoms with van der Waals surface area (Å²) in [4.78, 5) is 35.2. The number of carbonyl (C=O) groups is 2. The minimum Gasteiger partial charge on any atom is -0.466 e. The van der Waals surface area contributed by atoms with Crippen molar-refractivity contribution in [2.24, 2.45) is 11.7 Å². The normalized spacial score (nSPS) is 20.7. The van der Waals surface area contributed by atoms with Gasteiger partial charge >= 0.3 is 19.8 Å². The third-order valence-corrected chi connectivity index (χ3v) is 11.3. The Morgan fingerprint density at radius 3 is 2.28 bits per heavy atom. The molecule has 1 saturated heterocycles. The van der Waals surface area contributed by atoms with E-state index < -0.39 is 57.1 Å². The first-order chi connectivity index (χ1) is 27.8. The average molecular weight is 844 g/mol. The summed E-state index contributed by atoms with van der Waals surface area (Å²) in [5.41, 5.74) is 7.88.